The van der Waals surface area contributed by atoms with Gasteiger partial charge >= 0.3 is 0 Å². The van der Waals surface area contributed by atoms with E-state index >= 15 is 0 Å². The van der Waals surface area contributed by atoms with Crippen LogP contribution < -0.4 is 4.90 Å². The summed E-state index contributed by atoms with van der Waals surface area (Å²) in [6.07, 6.45) is 4.62. The molecule has 1 heteroatoms. The van der Waals surface area contributed by atoms with Crippen LogP contribution in [-0.2, 0) is 10.8 Å². The van der Waals surface area contributed by atoms with E-state index in [2.05, 4.69) is 231 Å². The van der Waals surface area contributed by atoms with Crippen molar-refractivity contribution in [3.8, 4) is 11.1 Å². The van der Waals surface area contributed by atoms with Crippen molar-refractivity contribution in [2.45, 2.75) is 24.7 Å². The molecule has 0 aliphatic heterocycles. The Labute approximate surface area is 334 Å². The lowest BCUT2D eigenvalue weighted by Crippen LogP contribution is -2.28. The van der Waals surface area contributed by atoms with Gasteiger partial charge in [-0.3, -0.25) is 0 Å². The fourth-order valence-electron chi connectivity index (χ4n) is 10.1. The fourth-order valence-corrected chi connectivity index (χ4v) is 10.1. The summed E-state index contributed by atoms with van der Waals surface area (Å²) < 4.78 is 0. The zero-order valence-electron chi connectivity index (χ0n) is 32.2. The average molecular weight is 728 g/mol. The first kappa shape index (κ1) is 33.4. The molecule has 0 saturated heterocycles. The molecule has 0 radical (unpaired) electrons. The topological polar surface area (TPSA) is 3.24 Å². The van der Waals surface area contributed by atoms with Gasteiger partial charge in [0.25, 0.3) is 0 Å². The number of fused-ring (bicyclic) bond motifs is 3. The van der Waals surface area contributed by atoms with Gasteiger partial charge < -0.3 is 4.90 Å². The summed E-state index contributed by atoms with van der Waals surface area (Å²) in [5, 5.41) is 5.30. The lowest BCUT2D eigenvalue weighted by Gasteiger charge is -2.34. The highest BCUT2D eigenvalue weighted by molar-refractivity contribution is 6.16. The lowest BCUT2D eigenvalue weighted by atomic mass is 9.67. The SMILES string of the molecule is CC1(C)c2cc(C=Cc3cc4c5c(ccc6cccc(c65)C4(c4ccccc4)c4ccccc4)c3)ccc2-c2ccc(N(c3ccccc3)c3ccccc3)cc21. The largest absolute Gasteiger partial charge is 0.310 e. The van der Waals surface area contributed by atoms with Gasteiger partial charge in [0.1, 0.15) is 0 Å². The second-order valence-corrected chi connectivity index (χ2v) is 16.1. The number of hydrogen-bond donors (Lipinski definition) is 0. The fraction of sp³-hybridized carbons (Fsp3) is 0.0714. The van der Waals surface area contributed by atoms with E-state index in [1.54, 1.807) is 0 Å². The molecule has 0 atom stereocenters. The van der Waals surface area contributed by atoms with Crippen molar-refractivity contribution in [1.29, 1.82) is 0 Å². The van der Waals surface area contributed by atoms with Gasteiger partial charge in [0.15, 0.2) is 0 Å². The summed E-state index contributed by atoms with van der Waals surface area (Å²) in [4.78, 5) is 2.36. The lowest BCUT2D eigenvalue weighted by molar-refractivity contribution is 0.660. The Morgan fingerprint density at radius 3 is 1.54 bits per heavy atom. The normalized spacial score (nSPS) is 14.4. The quantitative estimate of drug-likeness (QED) is 0.117. The van der Waals surface area contributed by atoms with Gasteiger partial charge in [-0.25, -0.2) is 0 Å². The summed E-state index contributed by atoms with van der Waals surface area (Å²) >= 11 is 0. The first-order chi connectivity index (χ1) is 28.0. The Bertz CT molecular complexity index is 2940. The molecule has 0 aromatic heterocycles. The van der Waals surface area contributed by atoms with E-state index in [1.165, 1.54) is 77.2 Å². The van der Waals surface area contributed by atoms with Gasteiger partial charge in [-0.15, -0.1) is 0 Å². The Hall–Kier alpha value is -6.96. The molecule has 0 spiro atoms. The van der Waals surface area contributed by atoms with Crippen LogP contribution >= 0.6 is 0 Å². The van der Waals surface area contributed by atoms with Crippen molar-refractivity contribution in [1.82, 2.24) is 0 Å². The summed E-state index contributed by atoms with van der Waals surface area (Å²) in [6, 6.07) is 73.9. The summed E-state index contributed by atoms with van der Waals surface area (Å²) in [5.74, 6) is 0. The van der Waals surface area contributed by atoms with Gasteiger partial charge in [0.2, 0.25) is 0 Å². The molecule has 0 bridgehead atoms. The van der Waals surface area contributed by atoms with Crippen LogP contribution in [0.3, 0.4) is 0 Å². The van der Waals surface area contributed by atoms with Gasteiger partial charge in [-0.2, -0.15) is 0 Å². The molecular weight excluding hydrogens is 687 g/mol. The number of para-hydroxylation sites is 2. The van der Waals surface area contributed by atoms with Crippen LogP contribution in [0.1, 0.15) is 58.4 Å². The second kappa shape index (κ2) is 12.8. The van der Waals surface area contributed by atoms with E-state index in [1.807, 2.05) is 0 Å². The van der Waals surface area contributed by atoms with Crippen LogP contribution in [0.4, 0.5) is 17.1 Å². The van der Waals surface area contributed by atoms with Crippen LogP contribution in [0.2, 0.25) is 0 Å². The minimum absolute atomic E-state index is 0.166. The van der Waals surface area contributed by atoms with Crippen LogP contribution in [0, 0.1) is 0 Å². The monoisotopic (exact) mass is 727 g/mol. The highest BCUT2D eigenvalue weighted by atomic mass is 15.1. The Balaban J connectivity index is 1.00. The molecule has 2 aliphatic carbocycles. The van der Waals surface area contributed by atoms with Gasteiger partial charge in [-0.1, -0.05) is 178 Å². The molecule has 0 amide bonds. The third-order valence-electron chi connectivity index (χ3n) is 12.6. The summed E-state index contributed by atoms with van der Waals surface area (Å²) in [5.41, 5.74) is 15.9. The molecule has 0 N–H and O–H groups in total. The second-order valence-electron chi connectivity index (χ2n) is 16.1. The number of anilines is 3. The Kier molecular flexibility index (Phi) is 7.50. The molecule has 9 aromatic rings. The third-order valence-corrected chi connectivity index (χ3v) is 12.6. The van der Waals surface area contributed by atoms with Gasteiger partial charge in [0.05, 0.1) is 5.41 Å². The molecule has 11 rings (SSSR count). The maximum Gasteiger partial charge on any atom is 0.0714 e. The van der Waals surface area contributed by atoms with E-state index < -0.39 is 5.41 Å². The standard InChI is InChI=1S/C56H41N/c1-55(2)50-35-38(28-32-47(50)48-33-31-46(37-51(48)55)57(44-21-11-5-12-22-44)45-23-13-6-14-24-45)26-27-39-34-41-30-29-40-16-15-25-49-53(40)54(41)52(36-39)56(49,42-17-7-3-8-18-42)43-19-9-4-10-20-43/h3-37H,1-2H3. The van der Waals surface area contributed by atoms with E-state index in [0.717, 1.165) is 17.1 Å². The third kappa shape index (κ3) is 5.02. The minimum atomic E-state index is -0.424. The van der Waals surface area contributed by atoms with Gasteiger partial charge in [0, 0.05) is 22.5 Å². The molecule has 0 heterocycles. The smallest absolute Gasteiger partial charge is 0.0714 e. The van der Waals surface area contributed by atoms with E-state index in [4.69, 9.17) is 0 Å². The molecule has 0 fully saturated rings. The summed E-state index contributed by atoms with van der Waals surface area (Å²) in [7, 11) is 0. The molecule has 9 aromatic carbocycles. The Morgan fingerprint density at radius 1 is 0.368 bits per heavy atom. The van der Waals surface area contributed by atoms with Crippen molar-refractivity contribution in [3.05, 3.63) is 245 Å². The van der Waals surface area contributed by atoms with Crippen molar-refractivity contribution in [3.63, 3.8) is 0 Å². The molecule has 0 unspecified atom stereocenters. The summed E-state index contributed by atoms with van der Waals surface area (Å²) in [6.45, 7) is 4.75. The number of nitrogens with zero attached hydrogens (tertiary/aromatic N) is 1. The average Bonchev–Trinajstić information content (AvgIpc) is 3.69. The Morgan fingerprint density at radius 2 is 0.895 bits per heavy atom. The predicted octanol–water partition coefficient (Wildman–Crippen LogP) is 14.6. The zero-order valence-corrected chi connectivity index (χ0v) is 32.2. The minimum Gasteiger partial charge on any atom is -0.310 e. The highest BCUT2D eigenvalue weighted by Crippen LogP contribution is 2.56. The first-order valence-corrected chi connectivity index (χ1v) is 20.0. The number of rotatable bonds is 7. The van der Waals surface area contributed by atoms with Crippen molar-refractivity contribution in [2.75, 3.05) is 4.90 Å². The van der Waals surface area contributed by atoms with Crippen LogP contribution in [-0.4, -0.2) is 0 Å². The zero-order chi connectivity index (χ0) is 38.1. The van der Waals surface area contributed by atoms with Crippen LogP contribution in [0.15, 0.2) is 200 Å². The van der Waals surface area contributed by atoms with E-state index in [0.29, 0.717) is 0 Å². The van der Waals surface area contributed by atoms with Crippen LogP contribution in [0.25, 0.3) is 44.8 Å². The molecule has 1 nitrogen and oxygen atoms in total. The van der Waals surface area contributed by atoms with Crippen molar-refractivity contribution >= 4 is 50.8 Å². The van der Waals surface area contributed by atoms with Crippen LogP contribution in [0.5, 0.6) is 0 Å². The number of hydrogen-bond acceptors (Lipinski definition) is 1. The maximum atomic E-state index is 2.46. The molecule has 270 valence electrons. The van der Waals surface area contributed by atoms with Crippen molar-refractivity contribution < 1.29 is 0 Å². The molecular formula is C56H41N. The van der Waals surface area contributed by atoms with E-state index in [-0.39, 0.29) is 5.41 Å². The van der Waals surface area contributed by atoms with Crippen molar-refractivity contribution in [2.24, 2.45) is 0 Å². The predicted molar refractivity (Wildman–Crippen MR) is 241 cm³/mol. The number of benzene rings is 9. The molecule has 2 aliphatic rings. The first-order valence-electron chi connectivity index (χ1n) is 20.0. The van der Waals surface area contributed by atoms with Gasteiger partial charge in [-0.05, 0) is 126 Å². The van der Waals surface area contributed by atoms with E-state index in [9.17, 15) is 0 Å². The molecule has 0 saturated carbocycles. The maximum absolute atomic E-state index is 2.46. The highest BCUT2D eigenvalue weighted by Gasteiger charge is 2.45. The molecule has 57 heavy (non-hydrogen) atoms.